The summed E-state index contributed by atoms with van der Waals surface area (Å²) in [4.78, 5) is 43.7. The first-order chi connectivity index (χ1) is 16.1. The smallest absolute Gasteiger partial charge is 0.374 e. The monoisotopic (exact) mass is 447 g/mol. The van der Waals surface area contributed by atoms with Crippen LogP contribution >= 0.6 is 0 Å². The van der Waals surface area contributed by atoms with Crippen LogP contribution in [0.2, 0.25) is 0 Å². The maximum Gasteiger partial charge on any atom is 0.374 e. The van der Waals surface area contributed by atoms with Crippen molar-refractivity contribution in [1.29, 1.82) is 0 Å². The highest BCUT2D eigenvalue weighted by molar-refractivity contribution is 5.93. The minimum Gasteiger partial charge on any atom is -0.460 e. The third-order valence-electron chi connectivity index (χ3n) is 6.72. The van der Waals surface area contributed by atoms with Crippen LogP contribution in [-0.4, -0.2) is 54.7 Å². The molecule has 1 aromatic carbocycles. The fourth-order valence-corrected chi connectivity index (χ4v) is 4.72. The number of nitrogens with zero attached hydrogens (tertiary/aromatic N) is 6. The third-order valence-corrected chi connectivity index (χ3v) is 6.72. The lowest BCUT2D eigenvalue weighted by Crippen LogP contribution is -2.37. The number of hydrogen-bond acceptors (Lipinski definition) is 7. The van der Waals surface area contributed by atoms with Crippen LogP contribution in [0.4, 0.5) is 5.82 Å². The molecule has 10 heteroatoms. The van der Waals surface area contributed by atoms with Gasteiger partial charge in [-0.25, -0.2) is 24.5 Å². The molecular formula is C23H25N7O3. The van der Waals surface area contributed by atoms with Gasteiger partial charge in [0.05, 0.1) is 17.6 Å². The molecule has 0 radical (unpaired) electrons. The lowest BCUT2D eigenvalue weighted by atomic mass is 10.0. The predicted molar refractivity (Wildman–Crippen MR) is 122 cm³/mol. The number of carbonyl (C=O) groups is 1. The Labute approximate surface area is 189 Å². The molecule has 10 nitrogen and oxygen atoms in total. The first-order valence-corrected chi connectivity index (χ1v) is 11.4. The van der Waals surface area contributed by atoms with E-state index < -0.39 is 5.97 Å². The van der Waals surface area contributed by atoms with Gasteiger partial charge in [-0.2, -0.15) is 0 Å². The Kier molecular flexibility index (Phi) is 4.67. The lowest BCUT2D eigenvalue weighted by Gasteiger charge is -2.33. The standard InChI is InChI=1S/C23H25N7O3/c1-28-19-18(27-21(28)22(31)33-12-14-6-7-14)20(25-13-24-19)29-10-8-15(9-11-29)30-17-5-3-2-4-16(17)26-23(30)32/h2-5,13-15H,6-12H2,1H3,(H,26,32). The summed E-state index contributed by atoms with van der Waals surface area (Å²) in [6, 6.07) is 7.89. The highest BCUT2D eigenvalue weighted by Crippen LogP contribution is 2.31. The summed E-state index contributed by atoms with van der Waals surface area (Å²) in [5.74, 6) is 1.02. The number of aromatic amines is 1. The molecule has 0 bridgehead atoms. The number of aromatic nitrogens is 6. The van der Waals surface area contributed by atoms with E-state index in [0.29, 0.717) is 29.5 Å². The number of anilines is 1. The van der Waals surface area contributed by atoms with Gasteiger partial charge in [0.1, 0.15) is 6.33 Å². The van der Waals surface area contributed by atoms with E-state index in [1.165, 1.54) is 6.33 Å². The Morgan fingerprint density at radius 3 is 2.73 bits per heavy atom. The largest absolute Gasteiger partial charge is 0.460 e. The molecule has 1 saturated carbocycles. The van der Waals surface area contributed by atoms with Crippen molar-refractivity contribution in [2.45, 2.75) is 31.7 Å². The number of benzene rings is 1. The van der Waals surface area contributed by atoms with E-state index in [1.807, 2.05) is 28.8 Å². The fourth-order valence-electron chi connectivity index (χ4n) is 4.72. The number of carbonyl (C=O) groups excluding carboxylic acids is 1. The second-order valence-electron chi connectivity index (χ2n) is 8.94. The van der Waals surface area contributed by atoms with E-state index in [9.17, 15) is 9.59 Å². The number of hydrogen-bond donors (Lipinski definition) is 1. The van der Waals surface area contributed by atoms with Crippen molar-refractivity contribution in [1.82, 2.24) is 29.1 Å². The Bertz CT molecular complexity index is 1410. The van der Waals surface area contributed by atoms with E-state index in [2.05, 4.69) is 24.8 Å². The van der Waals surface area contributed by atoms with Gasteiger partial charge in [-0.05, 0) is 43.7 Å². The molecule has 4 aromatic rings. The first-order valence-electron chi connectivity index (χ1n) is 11.4. The summed E-state index contributed by atoms with van der Waals surface area (Å²) in [5.41, 5.74) is 2.93. The fraction of sp³-hybridized carbons (Fsp3) is 0.435. The molecule has 33 heavy (non-hydrogen) atoms. The van der Waals surface area contributed by atoms with Crippen molar-refractivity contribution in [3.63, 3.8) is 0 Å². The zero-order chi connectivity index (χ0) is 22.5. The highest BCUT2D eigenvalue weighted by atomic mass is 16.5. The quantitative estimate of drug-likeness (QED) is 0.468. The van der Waals surface area contributed by atoms with E-state index >= 15 is 0 Å². The number of rotatable bonds is 5. The first kappa shape index (κ1) is 20.0. The number of esters is 1. The Morgan fingerprint density at radius 1 is 1.15 bits per heavy atom. The van der Waals surface area contributed by atoms with Crippen LogP contribution in [0, 0.1) is 5.92 Å². The van der Waals surface area contributed by atoms with E-state index in [1.54, 1.807) is 11.6 Å². The van der Waals surface area contributed by atoms with Gasteiger partial charge < -0.3 is 19.2 Å². The Balaban J connectivity index is 1.25. The lowest BCUT2D eigenvalue weighted by molar-refractivity contribution is 0.0468. The number of aryl methyl sites for hydroxylation is 1. The van der Waals surface area contributed by atoms with Crippen LogP contribution in [0.15, 0.2) is 35.4 Å². The molecule has 1 N–H and O–H groups in total. The summed E-state index contributed by atoms with van der Waals surface area (Å²) >= 11 is 0. The number of fused-ring (bicyclic) bond motifs is 2. The van der Waals surface area contributed by atoms with Gasteiger partial charge in [0.2, 0.25) is 5.82 Å². The Morgan fingerprint density at radius 2 is 1.94 bits per heavy atom. The molecule has 170 valence electrons. The summed E-state index contributed by atoms with van der Waals surface area (Å²) in [6.07, 6.45) is 5.35. The molecule has 1 aliphatic carbocycles. The van der Waals surface area contributed by atoms with Crippen molar-refractivity contribution in [2.24, 2.45) is 13.0 Å². The maximum atomic E-state index is 12.6. The number of para-hydroxylation sites is 2. The molecule has 1 aliphatic heterocycles. The summed E-state index contributed by atoms with van der Waals surface area (Å²) in [6.45, 7) is 1.89. The summed E-state index contributed by atoms with van der Waals surface area (Å²) < 4.78 is 8.98. The average molecular weight is 447 g/mol. The second-order valence-corrected chi connectivity index (χ2v) is 8.94. The molecular weight excluding hydrogens is 422 g/mol. The van der Waals surface area contributed by atoms with Gasteiger partial charge in [-0.3, -0.25) is 4.57 Å². The van der Waals surface area contributed by atoms with Crippen molar-refractivity contribution in [2.75, 3.05) is 24.6 Å². The van der Waals surface area contributed by atoms with Crippen molar-refractivity contribution in [3.8, 4) is 0 Å². The van der Waals surface area contributed by atoms with E-state index in [-0.39, 0.29) is 17.6 Å². The van der Waals surface area contributed by atoms with Gasteiger partial charge >= 0.3 is 11.7 Å². The van der Waals surface area contributed by atoms with E-state index in [4.69, 9.17) is 4.74 Å². The van der Waals surface area contributed by atoms with Crippen molar-refractivity contribution >= 4 is 34.0 Å². The zero-order valence-electron chi connectivity index (χ0n) is 18.4. The van der Waals surface area contributed by atoms with Gasteiger partial charge in [0.25, 0.3) is 0 Å². The van der Waals surface area contributed by atoms with Gasteiger partial charge in [0, 0.05) is 26.2 Å². The molecule has 2 aliphatic rings. The average Bonchev–Trinajstić information content (AvgIpc) is 3.52. The molecule has 1 saturated heterocycles. The van der Waals surface area contributed by atoms with Crippen LogP contribution in [0.3, 0.4) is 0 Å². The number of piperidine rings is 1. The minimum absolute atomic E-state index is 0.0712. The number of H-pyrrole nitrogens is 1. The molecule has 2 fully saturated rings. The summed E-state index contributed by atoms with van der Waals surface area (Å²) in [5, 5.41) is 0. The molecule has 0 atom stereocenters. The topological polar surface area (TPSA) is 111 Å². The van der Waals surface area contributed by atoms with Gasteiger partial charge in [-0.15, -0.1) is 0 Å². The number of ether oxygens (including phenoxy) is 1. The van der Waals surface area contributed by atoms with Gasteiger partial charge in [-0.1, -0.05) is 12.1 Å². The highest BCUT2D eigenvalue weighted by Gasteiger charge is 2.29. The molecule has 0 amide bonds. The minimum atomic E-state index is -0.425. The van der Waals surface area contributed by atoms with Crippen LogP contribution in [-0.2, 0) is 11.8 Å². The van der Waals surface area contributed by atoms with Crippen LogP contribution in [0.5, 0.6) is 0 Å². The third kappa shape index (κ3) is 3.46. The number of nitrogens with one attached hydrogen (secondary N) is 1. The Hall–Kier alpha value is -3.69. The molecule has 6 rings (SSSR count). The predicted octanol–water partition coefficient (Wildman–Crippen LogP) is 2.41. The van der Waals surface area contributed by atoms with Crippen LogP contribution < -0.4 is 10.6 Å². The van der Waals surface area contributed by atoms with E-state index in [0.717, 1.165) is 49.8 Å². The zero-order valence-corrected chi connectivity index (χ0v) is 18.4. The molecule has 3 aromatic heterocycles. The van der Waals surface area contributed by atoms with Gasteiger partial charge in [0.15, 0.2) is 17.0 Å². The molecule has 4 heterocycles. The molecule has 0 spiro atoms. The molecule has 0 unspecified atom stereocenters. The number of imidazole rings is 2. The van der Waals surface area contributed by atoms with Crippen molar-refractivity contribution < 1.29 is 9.53 Å². The van der Waals surface area contributed by atoms with Crippen LogP contribution in [0.1, 0.15) is 42.3 Å². The normalized spacial score (nSPS) is 17.2. The van der Waals surface area contributed by atoms with Crippen LogP contribution in [0.25, 0.3) is 22.2 Å². The second kappa shape index (κ2) is 7.72. The van der Waals surface area contributed by atoms with Crippen molar-refractivity contribution in [3.05, 3.63) is 46.9 Å². The summed E-state index contributed by atoms with van der Waals surface area (Å²) in [7, 11) is 1.77. The maximum absolute atomic E-state index is 12.6. The SMILES string of the molecule is Cn1c(C(=O)OCC2CC2)nc2c(N3CCC(n4c(=O)[nH]c5ccccc54)CC3)ncnc21.